The Morgan fingerprint density at radius 1 is 1.13 bits per heavy atom. The molecule has 5 nitrogen and oxygen atoms in total. The molecule has 5 heteroatoms. The molecule has 0 spiro atoms. The van der Waals surface area contributed by atoms with Gasteiger partial charge in [-0.3, -0.25) is 4.79 Å². The summed E-state index contributed by atoms with van der Waals surface area (Å²) in [4.78, 5) is 26.9. The van der Waals surface area contributed by atoms with Gasteiger partial charge in [0.1, 0.15) is 5.69 Å². The number of hydrogen-bond acceptors (Lipinski definition) is 3. The normalized spacial score (nSPS) is 17.0. The van der Waals surface area contributed by atoms with Crippen LogP contribution in [0.1, 0.15) is 44.8 Å². The van der Waals surface area contributed by atoms with Crippen LogP contribution in [0.15, 0.2) is 42.6 Å². The van der Waals surface area contributed by atoms with E-state index in [0.717, 1.165) is 25.7 Å². The number of aromatic carboxylic acids is 1. The van der Waals surface area contributed by atoms with E-state index in [1.165, 1.54) is 29.5 Å². The smallest absolute Gasteiger partial charge is 0.354 e. The molecule has 2 N–H and O–H groups in total. The average molecular weight is 310 g/mol. The van der Waals surface area contributed by atoms with Crippen LogP contribution in [0.4, 0.5) is 0 Å². The van der Waals surface area contributed by atoms with Gasteiger partial charge in [0.05, 0.1) is 5.56 Å². The number of carboxylic acid groups (broad SMARTS) is 1. The lowest BCUT2D eigenvalue weighted by molar-refractivity contribution is 0.0689. The lowest BCUT2D eigenvalue weighted by Gasteiger charge is -2.17. The highest BCUT2D eigenvalue weighted by molar-refractivity contribution is 5.95. The van der Waals surface area contributed by atoms with Crippen molar-refractivity contribution in [2.75, 3.05) is 0 Å². The number of hydrogen-bond donors (Lipinski definition) is 2. The maximum atomic E-state index is 12.3. The third-order valence-corrected chi connectivity index (χ3v) is 4.16. The van der Waals surface area contributed by atoms with Crippen molar-refractivity contribution in [3.63, 3.8) is 0 Å². The molecule has 0 bridgehead atoms. The standard InChI is InChI=1S/C18H18N2O3/c21-17(14-8-9-16(18(22)23)19-11-14)20-15-7-3-6-12-4-1-2-5-13(12)10-15/h1-2,4-5,8-9,11,15H,3,6-7,10H2,(H,20,21)(H,22,23). The molecule has 3 rings (SSSR count). The molecule has 1 unspecified atom stereocenters. The highest BCUT2D eigenvalue weighted by Gasteiger charge is 2.19. The van der Waals surface area contributed by atoms with Crippen molar-refractivity contribution in [2.45, 2.75) is 31.7 Å². The van der Waals surface area contributed by atoms with Gasteiger partial charge < -0.3 is 10.4 Å². The molecule has 1 aromatic carbocycles. The van der Waals surface area contributed by atoms with E-state index in [2.05, 4.69) is 22.4 Å². The van der Waals surface area contributed by atoms with E-state index >= 15 is 0 Å². The van der Waals surface area contributed by atoms with Crippen molar-refractivity contribution in [1.29, 1.82) is 0 Å². The number of amides is 1. The maximum Gasteiger partial charge on any atom is 0.354 e. The first kappa shape index (κ1) is 15.2. The summed E-state index contributed by atoms with van der Waals surface area (Å²) < 4.78 is 0. The van der Waals surface area contributed by atoms with Gasteiger partial charge in [0, 0.05) is 12.2 Å². The molecule has 0 fully saturated rings. The molecular formula is C18H18N2O3. The number of carbonyl (C=O) groups is 2. The summed E-state index contributed by atoms with van der Waals surface area (Å²) in [6, 6.07) is 11.3. The number of rotatable bonds is 3. The van der Waals surface area contributed by atoms with Crippen molar-refractivity contribution in [1.82, 2.24) is 10.3 Å². The Bertz CT molecular complexity index is 725. The summed E-state index contributed by atoms with van der Waals surface area (Å²) in [6.45, 7) is 0. The monoisotopic (exact) mass is 310 g/mol. The number of benzene rings is 1. The van der Waals surface area contributed by atoms with Gasteiger partial charge in [0.2, 0.25) is 0 Å². The molecule has 1 aliphatic carbocycles. The summed E-state index contributed by atoms with van der Waals surface area (Å²) in [6.07, 6.45) is 5.14. The van der Waals surface area contributed by atoms with Crippen LogP contribution >= 0.6 is 0 Å². The quantitative estimate of drug-likeness (QED) is 0.854. The molecule has 2 aromatic rings. The molecule has 1 atom stereocenters. The first-order valence-electron chi connectivity index (χ1n) is 7.70. The fraction of sp³-hybridized carbons (Fsp3) is 0.278. The molecule has 1 aliphatic rings. The van der Waals surface area contributed by atoms with E-state index in [1.807, 2.05) is 12.1 Å². The predicted octanol–water partition coefficient (Wildman–Crippen LogP) is 2.46. The van der Waals surface area contributed by atoms with Gasteiger partial charge in [0.25, 0.3) is 5.91 Å². The van der Waals surface area contributed by atoms with Crippen LogP contribution in [0.5, 0.6) is 0 Å². The topological polar surface area (TPSA) is 79.3 Å². The molecule has 1 amide bonds. The fourth-order valence-electron chi connectivity index (χ4n) is 2.95. The number of nitrogens with one attached hydrogen (secondary N) is 1. The van der Waals surface area contributed by atoms with Gasteiger partial charge in [-0.15, -0.1) is 0 Å². The van der Waals surface area contributed by atoms with Crippen LogP contribution in [0, 0.1) is 0 Å². The van der Waals surface area contributed by atoms with E-state index in [4.69, 9.17) is 5.11 Å². The molecule has 1 aromatic heterocycles. The van der Waals surface area contributed by atoms with E-state index in [-0.39, 0.29) is 17.6 Å². The van der Waals surface area contributed by atoms with E-state index in [1.54, 1.807) is 0 Å². The number of carbonyl (C=O) groups excluding carboxylic acids is 1. The second-order valence-corrected chi connectivity index (χ2v) is 5.77. The number of aryl methyl sites for hydroxylation is 1. The highest BCUT2D eigenvalue weighted by Crippen LogP contribution is 2.20. The van der Waals surface area contributed by atoms with Gasteiger partial charge in [-0.2, -0.15) is 0 Å². The van der Waals surface area contributed by atoms with Gasteiger partial charge in [0.15, 0.2) is 0 Å². The Labute approximate surface area is 134 Å². The minimum Gasteiger partial charge on any atom is -0.477 e. The van der Waals surface area contributed by atoms with Gasteiger partial charge in [-0.25, -0.2) is 9.78 Å². The molecule has 0 radical (unpaired) electrons. The molecule has 23 heavy (non-hydrogen) atoms. The number of aromatic nitrogens is 1. The van der Waals surface area contributed by atoms with Crippen molar-refractivity contribution in [2.24, 2.45) is 0 Å². The second kappa shape index (κ2) is 6.60. The zero-order valence-corrected chi connectivity index (χ0v) is 12.7. The largest absolute Gasteiger partial charge is 0.477 e. The minimum absolute atomic E-state index is 0.0649. The van der Waals surface area contributed by atoms with Crippen molar-refractivity contribution >= 4 is 11.9 Å². The molecule has 0 saturated heterocycles. The summed E-state index contributed by atoms with van der Waals surface area (Å²) >= 11 is 0. The first-order chi connectivity index (χ1) is 11.1. The van der Waals surface area contributed by atoms with Gasteiger partial charge in [-0.05, 0) is 48.9 Å². The van der Waals surface area contributed by atoms with E-state index < -0.39 is 5.97 Å². The first-order valence-corrected chi connectivity index (χ1v) is 7.70. The summed E-state index contributed by atoms with van der Waals surface area (Å²) in [7, 11) is 0. The number of nitrogens with zero attached hydrogens (tertiary/aromatic N) is 1. The molecule has 1 heterocycles. The Morgan fingerprint density at radius 2 is 1.91 bits per heavy atom. The summed E-state index contributed by atoms with van der Waals surface area (Å²) in [5.41, 5.74) is 2.96. The minimum atomic E-state index is -1.10. The van der Waals surface area contributed by atoms with Crippen LogP contribution in [0.25, 0.3) is 0 Å². The highest BCUT2D eigenvalue weighted by atomic mass is 16.4. The number of fused-ring (bicyclic) bond motifs is 1. The Balaban J connectivity index is 1.69. The van der Waals surface area contributed by atoms with E-state index in [0.29, 0.717) is 5.56 Å². The molecule has 118 valence electrons. The third kappa shape index (κ3) is 3.56. The SMILES string of the molecule is O=C(NC1CCCc2ccccc2C1)c1ccc(C(=O)O)nc1. The molecule has 0 aliphatic heterocycles. The number of pyridine rings is 1. The van der Waals surface area contributed by atoms with Crippen LogP contribution in [-0.4, -0.2) is 28.0 Å². The average Bonchev–Trinajstić information content (AvgIpc) is 2.76. The Hall–Kier alpha value is -2.69. The predicted molar refractivity (Wildman–Crippen MR) is 85.5 cm³/mol. The third-order valence-electron chi connectivity index (χ3n) is 4.16. The van der Waals surface area contributed by atoms with Crippen molar-refractivity contribution in [3.8, 4) is 0 Å². The second-order valence-electron chi connectivity index (χ2n) is 5.77. The van der Waals surface area contributed by atoms with Gasteiger partial charge in [-0.1, -0.05) is 24.3 Å². The zero-order valence-electron chi connectivity index (χ0n) is 12.7. The maximum absolute atomic E-state index is 12.3. The lowest BCUT2D eigenvalue weighted by atomic mass is 10.0. The summed E-state index contributed by atoms with van der Waals surface area (Å²) in [5.74, 6) is -1.31. The molecule has 0 saturated carbocycles. The lowest BCUT2D eigenvalue weighted by Crippen LogP contribution is -2.36. The zero-order chi connectivity index (χ0) is 16.2. The van der Waals surface area contributed by atoms with Crippen molar-refractivity contribution in [3.05, 3.63) is 65.0 Å². The van der Waals surface area contributed by atoms with Gasteiger partial charge >= 0.3 is 5.97 Å². The molecular weight excluding hydrogens is 292 g/mol. The van der Waals surface area contributed by atoms with E-state index in [9.17, 15) is 9.59 Å². The Morgan fingerprint density at radius 3 is 2.61 bits per heavy atom. The summed E-state index contributed by atoms with van der Waals surface area (Å²) in [5, 5.41) is 11.9. The van der Waals surface area contributed by atoms with Crippen LogP contribution in [-0.2, 0) is 12.8 Å². The van der Waals surface area contributed by atoms with Crippen LogP contribution in [0.2, 0.25) is 0 Å². The Kier molecular flexibility index (Phi) is 4.37. The number of carboxylic acids is 1. The van der Waals surface area contributed by atoms with Crippen LogP contribution < -0.4 is 5.32 Å². The van der Waals surface area contributed by atoms with Crippen LogP contribution in [0.3, 0.4) is 0 Å². The van der Waals surface area contributed by atoms with Crippen molar-refractivity contribution < 1.29 is 14.7 Å². The fourth-order valence-corrected chi connectivity index (χ4v) is 2.95.